The molecule has 25 heavy (non-hydrogen) atoms. The molecule has 1 aliphatic rings. The molecule has 0 saturated carbocycles. The Kier molecular flexibility index (Phi) is 6.99. The fourth-order valence-electron chi connectivity index (χ4n) is 2.41. The van der Waals surface area contributed by atoms with Gasteiger partial charge in [0.05, 0.1) is 5.82 Å². The second-order valence-electron chi connectivity index (χ2n) is 5.43. The smallest absolute Gasteiger partial charge is 0.0555 e. The maximum Gasteiger partial charge on any atom is 0.0555 e. The van der Waals surface area contributed by atoms with E-state index in [4.69, 9.17) is 0 Å². The molecular formula is C20H18IrN4-2. The van der Waals surface area contributed by atoms with Crippen molar-refractivity contribution in [1.82, 2.24) is 14.5 Å². The van der Waals surface area contributed by atoms with E-state index in [9.17, 15) is 0 Å². The van der Waals surface area contributed by atoms with Gasteiger partial charge >= 0.3 is 0 Å². The van der Waals surface area contributed by atoms with Gasteiger partial charge in [-0.15, -0.1) is 42.0 Å². The number of aliphatic imine (C=N–C) groups is 1. The Balaban J connectivity index is 0.000000173. The zero-order valence-corrected chi connectivity index (χ0v) is 16.4. The first-order valence-electron chi connectivity index (χ1n) is 7.76. The van der Waals surface area contributed by atoms with Gasteiger partial charge in [0.15, 0.2) is 0 Å². The molecule has 1 atom stereocenters. The van der Waals surface area contributed by atoms with Crippen LogP contribution in [0.2, 0.25) is 0 Å². The van der Waals surface area contributed by atoms with Gasteiger partial charge in [0.1, 0.15) is 0 Å². The van der Waals surface area contributed by atoms with E-state index in [1.54, 1.807) is 18.6 Å². The molecule has 0 saturated heterocycles. The monoisotopic (exact) mass is 507 g/mol. The van der Waals surface area contributed by atoms with Crippen molar-refractivity contribution in [3.05, 3.63) is 85.1 Å². The van der Waals surface area contributed by atoms with E-state index in [1.165, 1.54) is 0 Å². The van der Waals surface area contributed by atoms with Crippen molar-refractivity contribution in [2.45, 2.75) is 6.92 Å². The predicted octanol–water partition coefficient (Wildman–Crippen LogP) is 3.72. The summed E-state index contributed by atoms with van der Waals surface area (Å²) in [6, 6.07) is 16.0. The fraction of sp³-hybridized carbons (Fsp3) is 0.150. The summed E-state index contributed by atoms with van der Waals surface area (Å²) in [7, 11) is 1.98. The van der Waals surface area contributed by atoms with E-state index in [0.29, 0.717) is 5.92 Å². The van der Waals surface area contributed by atoms with Crippen molar-refractivity contribution in [1.29, 1.82) is 0 Å². The third kappa shape index (κ3) is 4.81. The molecule has 5 heteroatoms. The topological polar surface area (TPSA) is 43.1 Å². The average Bonchev–Trinajstić information content (AvgIpc) is 3.25. The zero-order valence-electron chi connectivity index (χ0n) is 14.1. The van der Waals surface area contributed by atoms with Crippen molar-refractivity contribution in [2.24, 2.45) is 18.0 Å². The summed E-state index contributed by atoms with van der Waals surface area (Å²) in [5.74, 6) is 1.36. The Hall–Kier alpha value is -2.36. The molecule has 0 N–H and O–H groups in total. The number of hydrogen-bond acceptors (Lipinski definition) is 3. The van der Waals surface area contributed by atoms with Gasteiger partial charge in [-0.05, 0) is 18.3 Å². The van der Waals surface area contributed by atoms with Gasteiger partial charge in [-0.2, -0.15) is 11.6 Å². The van der Waals surface area contributed by atoms with Crippen molar-refractivity contribution in [2.75, 3.05) is 0 Å². The zero-order chi connectivity index (χ0) is 16.8. The summed E-state index contributed by atoms with van der Waals surface area (Å²) < 4.78 is 1.98. The minimum atomic E-state index is 0. The Morgan fingerprint density at radius 2 is 1.96 bits per heavy atom. The summed E-state index contributed by atoms with van der Waals surface area (Å²) in [4.78, 5) is 12.4. The van der Waals surface area contributed by atoms with Crippen LogP contribution in [0.15, 0.2) is 72.4 Å². The van der Waals surface area contributed by atoms with Crippen LogP contribution in [-0.4, -0.2) is 20.2 Å². The number of aryl methyl sites for hydroxylation is 1. The third-order valence-electron chi connectivity index (χ3n) is 3.69. The van der Waals surface area contributed by atoms with E-state index >= 15 is 0 Å². The van der Waals surface area contributed by atoms with Gasteiger partial charge < -0.3 is 9.56 Å². The van der Waals surface area contributed by atoms with Crippen LogP contribution in [-0.2, 0) is 27.2 Å². The number of rotatable bonds is 2. The number of imidazole rings is 1. The predicted molar refractivity (Wildman–Crippen MR) is 95.4 cm³/mol. The van der Waals surface area contributed by atoms with Crippen molar-refractivity contribution >= 4 is 5.71 Å². The minimum absolute atomic E-state index is 0. The number of benzene rings is 1. The van der Waals surface area contributed by atoms with Gasteiger partial charge in [0.2, 0.25) is 0 Å². The molecule has 0 aliphatic carbocycles. The van der Waals surface area contributed by atoms with Gasteiger partial charge in [0, 0.05) is 45.7 Å². The maximum absolute atomic E-state index is 4.26. The summed E-state index contributed by atoms with van der Waals surface area (Å²) in [6.07, 6.45) is 11.1. The van der Waals surface area contributed by atoms with Crippen LogP contribution in [0, 0.1) is 18.1 Å². The molecule has 1 unspecified atom stereocenters. The Bertz CT molecular complexity index is 838. The molecule has 0 spiro atoms. The molecule has 2 aromatic heterocycles. The molecule has 0 amide bonds. The van der Waals surface area contributed by atoms with E-state index in [-0.39, 0.29) is 20.1 Å². The number of allylic oxidation sites excluding steroid dienone is 1. The first-order chi connectivity index (χ1) is 11.8. The SMILES string of the molecule is CC1C=CN=C1c1[c-]cncc1.Cn1ccnc1-c1[c-]cccc1.[Ir]. The van der Waals surface area contributed by atoms with Crippen LogP contribution in [0.1, 0.15) is 12.5 Å². The van der Waals surface area contributed by atoms with E-state index in [2.05, 4.69) is 40.1 Å². The first kappa shape index (κ1) is 19.0. The molecule has 0 fully saturated rings. The van der Waals surface area contributed by atoms with Crippen molar-refractivity contribution in [3.63, 3.8) is 0 Å². The molecule has 3 heterocycles. The summed E-state index contributed by atoms with van der Waals surface area (Å²) in [5.41, 5.74) is 3.16. The van der Waals surface area contributed by atoms with Crippen LogP contribution in [0.4, 0.5) is 0 Å². The van der Waals surface area contributed by atoms with E-state index in [1.807, 2.05) is 54.3 Å². The van der Waals surface area contributed by atoms with E-state index in [0.717, 1.165) is 22.7 Å². The van der Waals surface area contributed by atoms with Gasteiger partial charge in [-0.1, -0.05) is 18.7 Å². The molecular weight excluding hydrogens is 488 g/mol. The fourth-order valence-corrected chi connectivity index (χ4v) is 2.41. The molecule has 1 aliphatic heterocycles. The summed E-state index contributed by atoms with van der Waals surface area (Å²) in [5, 5.41) is 0. The van der Waals surface area contributed by atoms with Crippen molar-refractivity contribution < 1.29 is 20.1 Å². The van der Waals surface area contributed by atoms with Crippen LogP contribution in [0.5, 0.6) is 0 Å². The van der Waals surface area contributed by atoms with E-state index < -0.39 is 0 Å². The second-order valence-corrected chi connectivity index (χ2v) is 5.43. The Labute approximate surface area is 161 Å². The Morgan fingerprint density at radius 1 is 1.08 bits per heavy atom. The largest absolute Gasteiger partial charge is 0.373 e. The number of pyridine rings is 1. The summed E-state index contributed by atoms with van der Waals surface area (Å²) >= 11 is 0. The van der Waals surface area contributed by atoms with Gasteiger partial charge in [-0.3, -0.25) is 9.97 Å². The quantitative estimate of drug-likeness (QED) is 0.498. The number of aromatic nitrogens is 3. The average molecular weight is 507 g/mol. The van der Waals surface area contributed by atoms with Crippen molar-refractivity contribution in [3.8, 4) is 11.4 Å². The Morgan fingerprint density at radius 3 is 2.52 bits per heavy atom. The standard InChI is InChI=1S/2C10H9N2.Ir/c1-8-2-7-12-10(8)9-3-5-11-6-4-9;1-12-8-7-11-10(12)9-5-3-2-4-6-9;/h2-3,5-8H,1H3;2-5,7-8H,1H3;/q2*-1;. The summed E-state index contributed by atoms with van der Waals surface area (Å²) in [6.45, 7) is 2.12. The van der Waals surface area contributed by atoms with Gasteiger partial charge in [-0.25, -0.2) is 0 Å². The molecule has 3 aromatic rings. The molecule has 1 radical (unpaired) electrons. The van der Waals surface area contributed by atoms with Crippen LogP contribution in [0.3, 0.4) is 0 Å². The first-order valence-corrected chi connectivity index (χ1v) is 7.76. The third-order valence-corrected chi connectivity index (χ3v) is 3.69. The van der Waals surface area contributed by atoms with Crippen LogP contribution in [0.25, 0.3) is 11.4 Å². The molecule has 4 rings (SSSR count). The molecule has 0 bridgehead atoms. The van der Waals surface area contributed by atoms with Gasteiger partial charge in [0.25, 0.3) is 0 Å². The number of hydrogen-bond donors (Lipinski definition) is 0. The molecule has 1 aromatic carbocycles. The second kappa shape index (κ2) is 9.21. The molecule has 4 nitrogen and oxygen atoms in total. The van der Waals surface area contributed by atoms with Crippen LogP contribution < -0.4 is 0 Å². The normalized spacial score (nSPS) is 15.0. The van der Waals surface area contributed by atoms with Crippen LogP contribution >= 0.6 is 0 Å². The number of nitrogens with zero attached hydrogens (tertiary/aromatic N) is 4. The molecule has 129 valence electrons. The maximum atomic E-state index is 4.26. The minimum Gasteiger partial charge on any atom is -0.373 e.